The number of phenolic OH excluding ortho intramolecular Hbond substituents is 1. The van der Waals surface area contributed by atoms with Gasteiger partial charge in [-0.1, -0.05) is 12.1 Å². The molecule has 2 rings (SSSR count). The number of hydrogen-bond donors (Lipinski definition) is 2. The predicted octanol–water partition coefficient (Wildman–Crippen LogP) is 3.94. The van der Waals surface area contributed by atoms with Crippen LogP contribution in [0.15, 0.2) is 48.0 Å². The molecule has 0 aromatic heterocycles. The Morgan fingerprint density at radius 2 is 2.17 bits per heavy atom. The number of phenols is 1. The van der Waals surface area contributed by atoms with Crippen LogP contribution in [0.4, 0.5) is 5.69 Å². The van der Waals surface area contributed by atoms with Gasteiger partial charge in [0.25, 0.3) is 5.91 Å². The molecule has 0 fully saturated rings. The van der Waals surface area contributed by atoms with E-state index in [1.807, 2.05) is 35.6 Å². The van der Waals surface area contributed by atoms with Gasteiger partial charge in [0, 0.05) is 11.8 Å². The van der Waals surface area contributed by atoms with Gasteiger partial charge in [-0.15, -0.1) is 0 Å². The molecule has 0 saturated heterocycles. The van der Waals surface area contributed by atoms with Crippen LogP contribution in [0.2, 0.25) is 0 Å². The van der Waals surface area contributed by atoms with Gasteiger partial charge in [-0.25, -0.2) is 0 Å². The number of halogens is 1. The average molecular weight is 434 g/mol. The number of aromatic hydroxyl groups is 1. The molecular weight excluding hydrogens is 419 g/mol. The van der Waals surface area contributed by atoms with Crippen molar-refractivity contribution in [2.75, 3.05) is 11.9 Å². The molecule has 1 amide bonds. The van der Waals surface area contributed by atoms with Crippen molar-refractivity contribution < 1.29 is 14.6 Å². The smallest absolute Gasteiger partial charge is 0.266 e. The third kappa shape index (κ3) is 4.73. The standard InChI is InChI=1S/C18H15IN2O3/c1-2-24-15-5-3-4-14(10-15)21-18(23)13(11-20)8-12-6-7-17(22)16(19)9-12/h3-10,22H,2H2,1H3,(H,21,23)/b13-8-. The van der Waals surface area contributed by atoms with E-state index in [1.54, 1.807) is 36.4 Å². The first kappa shape index (κ1) is 17.8. The van der Waals surface area contributed by atoms with Crippen molar-refractivity contribution in [2.24, 2.45) is 0 Å². The third-order valence-electron chi connectivity index (χ3n) is 3.05. The van der Waals surface area contributed by atoms with E-state index in [0.29, 0.717) is 27.2 Å². The molecule has 0 aliphatic carbocycles. The second kappa shape index (κ2) is 8.36. The fraction of sp³-hybridized carbons (Fsp3) is 0.111. The molecule has 0 bridgehead atoms. The molecule has 0 spiro atoms. The van der Waals surface area contributed by atoms with Crippen LogP contribution in [-0.4, -0.2) is 17.6 Å². The molecular formula is C18H15IN2O3. The van der Waals surface area contributed by atoms with Crippen molar-refractivity contribution in [3.8, 4) is 17.6 Å². The number of nitrogens with zero attached hydrogens (tertiary/aromatic N) is 1. The molecule has 0 unspecified atom stereocenters. The van der Waals surface area contributed by atoms with Crippen LogP contribution < -0.4 is 10.1 Å². The number of anilines is 1. The van der Waals surface area contributed by atoms with Gasteiger partial charge in [0.05, 0.1) is 10.2 Å². The lowest BCUT2D eigenvalue weighted by molar-refractivity contribution is -0.112. The molecule has 5 nitrogen and oxygen atoms in total. The van der Waals surface area contributed by atoms with Gasteiger partial charge in [-0.05, 0) is 65.4 Å². The van der Waals surface area contributed by atoms with Crippen LogP contribution in [0.1, 0.15) is 12.5 Å². The van der Waals surface area contributed by atoms with Crippen LogP contribution in [-0.2, 0) is 4.79 Å². The van der Waals surface area contributed by atoms with Crippen LogP contribution in [0, 0.1) is 14.9 Å². The summed E-state index contributed by atoms with van der Waals surface area (Å²) < 4.78 is 6.02. The van der Waals surface area contributed by atoms with E-state index in [-0.39, 0.29) is 11.3 Å². The minimum Gasteiger partial charge on any atom is -0.507 e. The summed E-state index contributed by atoms with van der Waals surface area (Å²) in [5, 5.41) is 21.4. The SMILES string of the molecule is CCOc1cccc(NC(=O)/C(C#N)=C\c2ccc(O)c(I)c2)c1. The first-order valence-electron chi connectivity index (χ1n) is 7.18. The highest BCUT2D eigenvalue weighted by atomic mass is 127. The summed E-state index contributed by atoms with van der Waals surface area (Å²) in [6.45, 7) is 2.40. The van der Waals surface area contributed by atoms with Crippen LogP contribution in [0.5, 0.6) is 11.5 Å². The molecule has 0 saturated carbocycles. The van der Waals surface area contributed by atoms with Crippen molar-refractivity contribution in [3.63, 3.8) is 0 Å². The topological polar surface area (TPSA) is 82.3 Å². The maximum absolute atomic E-state index is 12.3. The van der Waals surface area contributed by atoms with Crippen molar-refractivity contribution >= 4 is 40.3 Å². The minimum atomic E-state index is -0.505. The Bertz CT molecular complexity index is 825. The molecule has 0 radical (unpaired) electrons. The molecule has 6 heteroatoms. The molecule has 2 aromatic carbocycles. The molecule has 2 aromatic rings. The number of nitrogens with one attached hydrogen (secondary N) is 1. The summed E-state index contributed by atoms with van der Waals surface area (Å²) >= 11 is 1.98. The highest BCUT2D eigenvalue weighted by molar-refractivity contribution is 14.1. The Kier molecular flexibility index (Phi) is 6.21. The summed E-state index contributed by atoms with van der Waals surface area (Å²) in [7, 11) is 0. The van der Waals surface area contributed by atoms with Gasteiger partial charge in [0.1, 0.15) is 23.1 Å². The van der Waals surface area contributed by atoms with E-state index >= 15 is 0 Å². The second-order valence-corrected chi connectivity index (χ2v) is 5.96. The molecule has 0 aliphatic heterocycles. The first-order chi connectivity index (χ1) is 11.5. The highest BCUT2D eigenvalue weighted by Gasteiger charge is 2.10. The van der Waals surface area contributed by atoms with E-state index < -0.39 is 5.91 Å². The van der Waals surface area contributed by atoms with E-state index in [9.17, 15) is 15.2 Å². The lowest BCUT2D eigenvalue weighted by atomic mass is 10.1. The number of hydrogen-bond acceptors (Lipinski definition) is 4. The third-order valence-corrected chi connectivity index (χ3v) is 3.91. The van der Waals surface area contributed by atoms with Gasteiger partial charge in [0.2, 0.25) is 0 Å². The zero-order valence-electron chi connectivity index (χ0n) is 12.9. The van der Waals surface area contributed by atoms with E-state index in [2.05, 4.69) is 5.32 Å². The zero-order valence-corrected chi connectivity index (χ0v) is 15.1. The fourth-order valence-electron chi connectivity index (χ4n) is 1.96. The fourth-order valence-corrected chi connectivity index (χ4v) is 2.50. The number of amides is 1. The van der Waals surface area contributed by atoms with Gasteiger partial charge >= 0.3 is 0 Å². The Morgan fingerprint density at radius 1 is 1.38 bits per heavy atom. The van der Waals surface area contributed by atoms with Crippen LogP contribution in [0.25, 0.3) is 6.08 Å². The molecule has 0 atom stereocenters. The van der Waals surface area contributed by atoms with Crippen molar-refractivity contribution in [1.29, 1.82) is 5.26 Å². The molecule has 2 N–H and O–H groups in total. The normalized spacial score (nSPS) is 10.8. The quantitative estimate of drug-likeness (QED) is 0.425. The highest BCUT2D eigenvalue weighted by Crippen LogP contribution is 2.22. The van der Waals surface area contributed by atoms with Gasteiger partial charge in [-0.2, -0.15) is 5.26 Å². The number of carbonyl (C=O) groups is 1. The average Bonchev–Trinajstić information content (AvgIpc) is 2.56. The Hall–Kier alpha value is -2.53. The molecule has 0 aliphatic rings. The maximum atomic E-state index is 12.3. The Balaban J connectivity index is 2.19. The Morgan fingerprint density at radius 3 is 2.83 bits per heavy atom. The van der Waals surface area contributed by atoms with Crippen LogP contribution >= 0.6 is 22.6 Å². The van der Waals surface area contributed by atoms with E-state index in [0.717, 1.165) is 0 Å². The Labute approximate surface area is 153 Å². The van der Waals surface area contributed by atoms with Crippen LogP contribution in [0.3, 0.4) is 0 Å². The summed E-state index contributed by atoms with van der Waals surface area (Å²) in [6, 6.07) is 13.7. The van der Waals surface area contributed by atoms with Gasteiger partial charge < -0.3 is 15.2 Å². The predicted molar refractivity (Wildman–Crippen MR) is 101 cm³/mol. The largest absolute Gasteiger partial charge is 0.507 e. The van der Waals surface area contributed by atoms with Crippen molar-refractivity contribution in [1.82, 2.24) is 0 Å². The molecule has 0 heterocycles. The van der Waals surface area contributed by atoms with Gasteiger partial charge in [0.15, 0.2) is 0 Å². The van der Waals surface area contributed by atoms with E-state index in [4.69, 9.17) is 4.74 Å². The number of nitriles is 1. The zero-order chi connectivity index (χ0) is 17.5. The maximum Gasteiger partial charge on any atom is 0.266 e. The summed E-state index contributed by atoms with van der Waals surface area (Å²) in [6.07, 6.45) is 1.48. The number of ether oxygens (including phenoxy) is 1. The second-order valence-electron chi connectivity index (χ2n) is 4.80. The molecule has 24 heavy (non-hydrogen) atoms. The monoisotopic (exact) mass is 434 g/mol. The first-order valence-corrected chi connectivity index (χ1v) is 8.26. The molecule has 122 valence electrons. The number of rotatable bonds is 5. The number of carbonyl (C=O) groups excluding carboxylic acids is 1. The van der Waals surface area contributed by atoms with Crippen molar-refractivity contribution in [2.45, 2.75) is 6.92 Å². The summed E-state index contributed by atoms with van der Waals surface area (Å²) in [5.41, 5.74) is 1.18. The van der Waals surface area contributed by atoms with Gasteiger partial charge in [-0.3, -0.25) is 4.79 Å². The minimum absolute atomic E-state index is 0.0293. The number of benzene rings is 2. The lowest BCUT2D eigenvalue weighted by Gasteiger charge is -2.07. The van der Waals surface area contributed by atoms with E-state index in [1.165, 1.54) is 12.1 Å². The lowest BCUT2D eigenvalue weighted by Crippen LogP contribution is -2.13. The summed E-state index contributed by atoms with van der Waals surface area (Å²) in [4.78, 5) is 12.3. The summed E-state index contributed by atoms with van der Waals surface area (Å²) in [5.74, 6) is 0.295. The van der Waals surface area contributed by atoms with Crippen molar-refractivity contribution in [3.05, 3.63) is 57.2 Å².